The highest BCUT2D eigenvalue weighted by Gasteiger charge is 2.13. The number of halogens is 1. The second kappa shape index (κ2) is 7.66. The lowest BCUT2D eigenvalue weighted by molar-refractivity contribution is 0.0997. The lowest BCUT2D eigenvalue weighted by Crippen LogP contribution is -2.13. The molecule has 0 aliphatic rings. The second-order valence-corrected chi connectivity index (χ2v) is 6.93. The molecule has 2 heterocycles. The highest BCUT2D eigenvalue weighted by atomic mass is 79.9. The van der Waals surface area contributed by atoms with Crippen molar-refractivity contribution >= 4 is 50.1 Å². The first kappa shape index (κ1) is 17.9. The number of fused-ring (bicyclic) bond motifs is 1. The monoisotopic (exact) mass is 435 g/mol. The van der Waals surface area contributed by atoms with Gasteiger partial charge in [0.05, 0.1) is 0 Å². The van der Waals surface area contributed by atoms with Gasteiger partial charge in [-0.15, -0.1) is 0 Å². The topological polar surface area (TPSA) is 84.2 Å². The molecule has 0 unspecified atom stereocenters. The van der Waals surface area contributed by atoms with Gasteiger partial charge in [0.25, 0.3) is 11.8 Å². The molecule has 4 rings (SSSR count). The molecule has 0 aliphatic heterocycles. The van der Waals surface area contributed by atoms with Crippen molar-refractivity contribution in [3.8, 4) is 0 Å². The largest absolute Gasteiger partial charge is 0.451 e. The van der Waals surface area contributed by atoms with Crippen LogP contribution in [-0.2, 0) is 0 Å². The van der Waals surface area contributed by atoms with Gasteiger partial charge in [-0.05, 0) is 54.6 Å². The summed E-state index contributed by atoms with van der Waals surface area (Å²) in [7, 11) is 0. The molecule has 28 heavy (non-hydrogen) atoms. The van der Waals surface area contributed by atoms with Crippen molar-refractivity contribution in [2.75, 3.05) is 10.6 Å². The maximum atomic E-state index is 12.5. The third kappa shape index (κ3) is 3.94. The highest BCUT2D eigenvalue weighted by molar-refractivity contribution is 9.10. The molecule has 2 amide bonds. The molecule has 0 saturated heterocycles. The molecule has 0 aliphatic carbocycles. The molecule has 4 aromatic rings. The Morgan fingerprint density at radius 1 is 0.857 bits per heavy atom. The average molecular weight is 436 g/mol. The quantitative estimate of drug-likeness (QED) is 0.467. The van der Waals surface area contributed by atoms with Gasteiger partial charge in [0.15, 0.2) is 5.76 Å². The minimum Gasteiger partial charge on any atom is -0.451 e. The number of hydrogen-bond donors (Lipinski definition) is 2. The molecule has 0 atom stereocenters. The van der Waals surface area contributed by atoms with Crippen LogP contribution in [-0.4, -0.2) is 16.8 Å². The number of carbonyl (C=O) groups excluding carboxylic acids is 2. The van der Waals surface area contributed by atoms with Crippen molar-refractivity contribution in [3.63, 3.8) is 0 Å². The zero-order valence-corrected chi connectivity index (χ0v) is 16.1. The van der Waals surface area contributed by atoms with E-state index in [-0.39, 0.29) is 17.6 Å². The summed E-state index contributed by atoms with van der Waals surface area (Å²) in [6.07, 6.45) is 3.11. The summed E-state index contributed by atoms with van der Waals surface area (Å²) in [6.45, 7) is 0. The van der Waals surface area contributed by atoms with Crippen LogP contribution in [0.4, 0.5) is 11.4 Å². The normalized spacial score (nSPS) is 10.6. The van der Waals surface area contributed by atoms with Crippen LogP contribution in [0, 0.1) is 0 Å². The fourth-order valence-corrected chi connectivity index (χ4v) is 3.08. The number of anilines is 2. The standard InChI is InChI=1S/C21H14BrN3O3/c22-15-4-5-18-14(10-15)11-19(28-18)21(27)25-17-3-1-2-16(12-17)24-20(26)13-6-8-23-9-7-13/h1-12H,(H,24,26)(H,25,27). The zero-order chi connectivity index (χ0) is 19.5. The summed E-state index contributed by atoms with van der Waals surface area (Å²) in [5.41, 5.74) is 2.23. The molecule has 7 heteroatoms. The third-order valence-electron chi connectivity index (χ3n) is 4.02. The van der Waals surface area contributed by atoms with Gasteiger partial charge >= 0.3 is 0 Å². The number of hydrogen-bond acceptors (Lipinski definition) is 4. The first-order valence-corrected chi connectivity index (χ1v) is 9.20. The predicted octanol–water partition coefficient (Wildman–Crippen LogP) is 5.09. The Labute approximate surface area is 168 Å². The Morgan fingerprint density at radius 3 is 2.32 bits per heavy atom. The van der Waals surface area contributed by atoms with E-state index in [1.807, 2.05) is 12.1 Å². The maximum absolute atomic E-state index is 12.5. The van der Waals surface area contributed by atoms with Gasteiger partial charge in [-0.2, -0.15) is 0 Å². The van der Waals surface area contributed by atoms with E-state index in [4.69, 9.17) is 4.42 Å². The molecule has 2 aromatic heterocycles. The van der Waals surface area contributed by atoms with E-state index in [1.165, 1.54) is 0 Å². The maximum Gasteiger partial charge on any atom is 0.291 e. The molecule has 0 spiro atoms. The van der Waals surface area contributed by atoms with Crippen molar-refractivity contribution in [2.45, 2.75) is 0 Å². The lowest BCUT2D eigenvalue weighted by Gasteiger charge is -2.08. The molecular weight excluding hydrogens is 422 g/mol. The van der Waals surface area contributed by atoms with Crippen molar-refractivity contribution in [3.05, 3.63) is 88.9 Å². The first-order valence-electron chi connectivity index (χ1n) is 8.40. The van der Waals surface area contributed by atoms with Crippen LogP contribution in [0.1, 0.15) is 20.9 Å². The number of aromatic nitrogens is 1. The van der Waals surface area contributed by atoms with E-state index < -0.39 is 0 Å². The highest BCUT2D eigenvalue weighted by Crippen LogP contribution is 2.24. The van der Waals surface area contributed by atoms with Gasteiger partial charge in [-0.1, -0.05) is 22.0 Å². The Kier molecular flexibility index (Phi) is 4.90. The van der Waals surface area contributed by atoms with E-state index in [0.717, 1.165) is 9.86 Å². The van der Waals surface area contributed by atoms with Crippen LogP contribution in [0.15, 0.2) is 81.9 Å². The molecule has 0 saturated carbocycles. The van der Waals surface area contributed by atoms with Crippen LogP contribution in [0.5, 0.6) is 0 Å². The third-order valence-corrected chi connectivity index (χ3v) is 4.52. The SMILES string of the molecule is O=C(Nc1cccc(NC(=O)c2cc3cc(Br)ccc3o2)c1)c1ccncc1. The first-order chi connectivity index (χ1) is 13.6. The summed E-state index contributed by atoms with van der Waals surface area (Å²) in [5, 5.41) is 6.41. The van der Waals surface area contributed by atoms with Crippen molar-refractivity contribution < 1.29 is 14.0 Å². The average Bonchev–Trinajstić information content (AvgIpc) is 3.12. The van der Waals surface area contributed by atoms with Crippen molar-refractivity contribution in [1.29, 1.82) is 0 Å². The number of nitrogens with zero attached hydrogens (tertiary/aromatic N) is 1. The number of amides is 2. The van der Waals surface area contributed by atoms with Gasteiger partial charge in [0.2, 0.25) is 0 Å². The van der Waals surface area contributed by atoms with E-state index in [0.29, 0.717) is 22.5 Å². The van der Waals surface area contributed by atoms with E-state index in [1.54, 1.807) is 60.9 Å². The minimum absolute atomic E-state index is 0.208. The van der Waals surface area contributed by atoms with Crippen LogP contribution in [0.25, 0.3) is 11.0 Å². The summed E-state index contributed by atoms with van der Waals surface area (Å²) < 4.78 is 6.51. The Bertz CT molecular complexity index is 1170. The number of rotatable bonds is 4. The van der Waals surface area contributed by atoms with Gasteiger partial charge in [0, 0.05) is 39.2 Å². The summed E-state index contributed by atoms with van der Waals surface area (Å²) in [5.74, 6) is -0.419. The number of nitrogens with one attached hydrogen (secondary N) is 2. The minimum atomic E-state index is -0.370. The Balaban J connectivity index is 1.49. The van der Waals surface area contributed by atoms with Crippen molar-refractivity contribution in [2.24, 2.45) is 0 Å². The number of benzene rings is 2. The fourth-order valence-electron chi connectivity index (χ4n) is 2.70. The summed E-state index contributed by atoms with van der Waals surface area (Å²) in [4.78, 5) is 28.7. The Hall–Kier alpha value is -3.45. The predicted molar refractivity (Wildman–Crippen MR) is 110 cm³/mol. The smallest absolute Gasteiger partial charge is 0.291 e. The molecule has 2 aromatic carbocycles. The Morgan fingerprint density at radius 2 is 1.57 bits per heavy atom. The van der Waals surface area contributed by atoms with Crippen LogP contribution < -0.4 is 10.6 Å². The van der Waals surface area contributed by atoms with E-state index in [2.05, 4.69) is 31.5 Å². The van der Waals surface area contributed by atoms with Gasteiger partial charge in [-0.25, -0.2) is 0 Å². The van der Waals surface area contributed by atoms with Gasteiger partial charge in [0.1, 0.15) is 5.58 Å². The number of furan rings is 1. The number of pyridine rings is 1. The van der Waals surface area contributed by atoms with Gasteiger partial charge in [-0.3, -0.25) is 14.6 Å². The lowest BCUT2D eigenvalue weighted by atomic mass is 10.2. The molecule has 0 bridgehead atoms. The summed E-state index contributed by atoms with van der Waals surface area (Å²) in [6, 6.07) is 17.4. The van der Waals surface area contributed by atoms with Gasteiger partial charge < -0.3 is 15.1 Å². The van der Waals surface area contributed by atoms with E-state index >= 15 is 0 Å². The van der Waals surface area contributed by atoms with Crippen LogP contribution >= 0.6 is 15.9 Å². The van der Waals surface area contributed by atoms with Crippen LogP contribution in [0.2, 0.25) is 0 Å². The fraction of sp³-hybridized carbons (Fsp3) is 0. The molecule has 0 fully saturated rings. The molecule has 2 N–H and O–H groups in total. The van der Waals surface area contributed by atoms with Crippen LogP contribution in [0.3, 0.4) is 0 Å². The molecule has 138 valence electrons. The summed E-state index contributed by atoms with van der Waals surface area (Å²) >= 11 is 3.40. The molecular formula is C21H14BrN3O3. The van der Waals surface area contributed by atoms with Crippen molar-refractivity contribution in [1.82, 2.24) is 4.98 Å². The zero-order valence-electron chi connectivity index (χ0n) is 14.5. The number of carbonyl (C=O) groups is 2. The molecule has 6 nitrogen and oxygen atoms in total. The second-order valence-electron chi connectivity index (χ2n) is 6.02. The van der Waals surface area contributed by atoms with E-state index in [9.17, 15) is 9.59 Å². The molecule has 0 radical (unpaired) electrons.